The number of nitrogens with one attached hydrogen (secondary N) is 1. The molecule has 0 spiro atoms. The first-order valence-corrected chi connectivity index (χ1v) is 11.8. The number of unbranched alkanes of at least 4 members (excludes halogenated alkanes) is 1. The molecule has 0 amide bonds. The molecule has 0 saturated carbocycles. The topological polar surface area (TPSA) is 31.9 Å². The summed E-state index contributed by atoms with van der Waals surface area (Å²) >= 11 is 0. The van der Waals surface area contributed by atoms with Crippen LogP contribution in [0, 0.1) is 0 Å². The van der Waals surface area contributed by atoms with E-state index in [1.54, 1.807) is 0 Å². The summed E-state index contributed by atoms with van der Waals surface area (Å²) in [5, 5.41) is 2.44. The van der Waals surface area contributed by atoms with Crippen molar-refractivity contribution >= 4 is 33.1 Å². The van der Waals surface area contributed by atoms with Crippen LogP contribution in [0.2, 0.25) is 0 Å². The van der Waals surface area contributed by atoms with E-state index < -0.39 is 0 Å². The Bertz CT molecular complexity index is 1480. The van der Waals surface area contributed by atoms with Gasteiger partial charge in [-0.15, -0.1) is 0 Å². The normalized spacial score (nSPS) is 15.6. The lowest BCUT2D eigenvalue weighted by molar-refractivity contribution is 0.772. The van der Waals surface area contributed by atoms with Gasteiger partial charge in [0.25, 0.3) is 0 Å². The van der Waals surface area contributed by atoms with Crippen molar-refractivity contribution in [3.63, 3.8) is 0 Å². The van der Waals surface area contributed by atoms with Crippen molar-refractivity contribution in [3.05, 3.63) is 114 Å². The molecule has 1 N–H and O–H groups in total. The van der Waals surface area contributed by atoms with Crippen LogP contribution < -0.4 is 4.90 Å². The summed E-state index contributed by atoms with van der Waals surface area (Å²) in [5.74, 6) is 0.115. The standard InChI is InChI=1S/C30H27N3/c1-2-3-18-33-20-25(28-17-16-21-10-4-7-13-26(21)32-28)30(23-12-6-9-15-29(23)33)24-19-31-27-14-8-5-11-22(24)27/h4-17,19-20,30-31H,2-3,18H2,1H3/t30-/m1/s1. The lowest BCUT2D eigenvalue weighted by Gasteiger charge is -2.35. The molecule has 3 heteroatoms. The van der Waals surface area contributed by atoms with E-state index in [9.17, 15) is 0 Å². The van der Waals surface area contributed by atoms with Gasteiger partial charge in [-0.25, -0.2) is 4.98 Å². The molecule has 3 aromatic carbocycles. The Morgan fingerprint density at radius 2 is 1.67 bits per heavy atom. The number of nitrogens with zero attached hydrogens (tertiary/aromatic N) is 2. The first-order valence-electron chi connectivity index (χ1n) is 11.8. The van der Waals surface area contributed by atoms with E-state index >= 15 is 0 Å². The molecular weight excluding hydrogens is 402 g/mol. The van der Waals surface area contributed by atoms with Gasteiger partial charge >= 0.3 is 0 Å². The molecular formula is C30H27N3. The molecule has 0 bridgehead atoms. The molecule has 6 rings (SSSR count). The largest absolute Gasteiger partial charge is 0.361 e. The van der Waals surface area contributed by atoms with Crippen molar-refractivity contribution in [2.75, 3.05) is 11.4 Å². The molecule has 1 atom stereocenters. The predicted octanol–water partition coefficient (Wildman–Crippen LogP) is 7.51. The molecule has 1 aliphatic heterocycles. The molecule has 0 saturated heterocycles. The summed E-state index contributed by atoms with van der Waals surface area (Å²) < 4.78 is 0. The van der Waals surface area contributed by atoms with Gasteiger partial charge in [0.2, 0.25) is 0 Å². The minimum Gasteiger partial charge on any atom is -0.361 e. The molecule has 0 aliphatic carbocycles. The van der Waals surface area contributed by atoms with Crippen molar-refractivity contribution in [3.8, 4) is 0 Å². The maximum Gasteiger partial charge on any atom is 0.0709 e. The fourth-order valence-corrected chi connectivity index (χ4v) is 5.09. The number of aromatic nitrogens is 2. The monoisotopic (exact) mass is 429 g/mol. The fraction of sp³-hybridized carbons (Fsp3) is 0.167. The number of hydrogen-bond acceptors (Lipinski definition) is 2. The second-order valence-electron chi connectivity index (χ2n) is 8.80. The second-order valence-corrected chi connectivity index (χ2v) is 8.80. The Balaban J connectivity index is 1.59. The third-order valence-electron chi connectivity index (χ3n) is 6.74. The quantitative estimate of drug-likeness (QED) is 0.313. The van der Waals surface area contributed by atoms with Crippen LogP contribution in [0.5, 0.6) is 0 Å². The van der Waals surface area contributed by atoms with Crippen LogP contribution in [0.3, 0.4) is 0 Å². The Hall–Kier alpha value is -3.85. The number of fused-ring (bicyclic) bond motifs is 3. The second kappa shape index (κ2) is 8.25. The molecule has 0 fully saturated rings. The number of anilines is 1. The molecule has 0 radical (unpaired) electrons. The van der Waals surface area contributed by atoms with Gasteiger partial charge in [-0.2, -0.15) is 0 Å². The lowest BCUT2D eigenvalue weighted by atomic mass is 9.80. The van der Waals surface area contributed by atoms with Crippen LogP contribution in [0.4, 0.5) is 5.69 Å². The van der Waals surface area contributed by atoms with Crippen LogP contribution in [0.1, 0.15) is 42.5 Å². The highest BCUT2D eigenvalue weighted by Gasteiger charge is 2.31. The molecule has 33 heavy (non-hydrogen) atoms. The van der Waals surface area contributed by atoms with Crippen LogP contribution in [0.25, 0.3) is 27.4 Å². The first-order chi connectivity index (χ1) is 16.3. The maximum atomic E-state index is 5.12. The summed E-state index contributed by atoms with van der Waals surface area (Å²) in [5.41, 5.74) is 8.43. The molecule has 3 nitrogen and oxygen atoms in total. The summed E-state index contributed by atoms with van der Waals surface area (Å²) in [6.45, 7) is 3.26. The fourth-order valence-electron chi connectivity index (χ4n) is 5.09. The van der Waals surface area contributed by atoms with Crippen molar-refractivity contribution in [2.24, 2.45) is 0 Å². The van der Waals surface area contributed by atoms with E-state index in [-0.39, 0.29) is 5.92 Å². The molecule has 162 valence electrons. The molecule has 0 unspecified atom stereocenters. The zero-order valence-corrected chi connectivity index (χ0v) is 18.8. The predicted molar refractivity (Wildman–Crippen MR) is 139 cm³/mol. The minimum absolute atomic E-state index is 0.115. The summed E-state index contributed by atoms with van der Waals surface area (Å²) in [6.07, 6.45) is 6.85. The number of H-pyrrole nitrogens is 1. The van der Waals surface area contributed by atoms with Crippen molar-refractivity contribution in [1.29, 1.82) is 0 Å². The van der Waals surface area contributed by atoms with Gasteiger partial charge in [0.1, 0.15) is 0 Å². The van der Waals surface area contributed by atoms with Gasteiger partial charge in [0.05, 0.1) is 11.2 Å². The van der Waals surface area contributed by atoms with E-state index in [0.717, 1.165) is 24.2 Å². The molecule has 1 aliphatic rings. The highest BCUT2D eigenvalue weighted by molar-refractivity contribution is 5.92. The molecule has 2 aromatic heterocycles. The minimum atomic E-state index is 0.115. The Morgan fingerprint density at radius 3 is 2.61 bits per heavy atom. The van der Waals surface area contributed by atoms with Gasteiger partial charge in [-0.05, 0) is 41.8 Å². The van der Waals surface area contributed by atoms with E-state index in [4.69, 9.17) is 4.98 Å². The number of para-hydroxylation sites is 3. The molecule has 5 aromatic rings. The van der Waals surface area contributed by atoms with Gasteiger partial charge < -0.3 is 9.88 Å². The van der Waals surface area contributed by atoms with Crippen LogP contribution in [0.15, 0.2) is 97.3 Å². The van der Waals surface area contributed by atoms with E-state index in [1.807, 2.05) is 0 Å². The lowest BCUT2D eigenvalue weighted by Crippen LogP contribution is -2.25. The third-order valence-corrected chi connectivity index (χ3v) is 6.74. The molecule has 3 heterocycles. The number of aromatic amines is 1. The zero-order chi connectivity index (χ0) is 22.2. The van der Waals surface area contributed by atoms with Crippen LogP contribution >= 0.6 is 0 Å². The first kappa shape index (κ1) is 19.8. The number of benzene rings is 3. The smallest absolute Gasteiger partial charge is 0.0709 e. The average Bonchev–Trinajstić information content (AvgIpc) is 3.30. The van der Waals surface area contributed by atoms with Crippen LogP contribution in [-0.4, -0.2) is 16.5 Å². The van der Waals surface area contributed by atoms with Gasteiger partial charge in [0.15, 0.2) is 0 Å². The Morgan fingerprint density at radius 1 is 0.848 bits per heavy atom. The number of rotatable bonds is 5. The number of hydrogen-bond donors (Lipinski definition) is 1. The Labute approximate surface area is 194 Å². The van der Waals surface area contributed by atoms with Crippen molar-refractivity contribution in [1.82, 2.24) is 9.97 Å². The van der Waals surface area contributed by atoms with Gasteiger partial charge in [-0.1, -0.05) is 74.0 Å². The highest BCUT2D eigenvalue weighted by Crippen LogP contribution is 2.47. The summed E-state index contributed by atoms with van der Waals surface area (Å²) in [7, 11) is 0. The van der Waals surface area contributed by atoms with Crippen LogP contribution in [-0.2, 0) is 0 Å². The third kappa shape index (κ3) is 3.41. The summed E-state index contributed by atoms with van der Waals surface area (Å²) in [6, 6.07) is 30.2. The summed E-state index contributed by atoms with van der Waals surface area (Å²) in [4.78, 5) is 11.1. The SMILES string of the molecule is CCCCN1C=C(c2ccc3ccccc3n2)[C@@H](c2c[nH]c3ccccc23)c2ccccc21. The van der Waals surface area contributed by atoms with Crippen molar-refractivity contribution < 1.29 is 0 Å². The van der Waals surface area contributed by atoms with Gasteiger partial charge in [-0.3, -0.25) is 0 Å². The van der Waals surface area contributed by atoms with Gasteiger partial charge in [0, 0.05) is 52.4 Å². The number of allylic oxidation sites excluding steroid dienone is 1. The number of pyridine rings is 1. The van der Waals surface area contributed by atoms with Crippen molar-refractivity contribution in [2.45, 2.75) is 25.7 Å². The zero-order valence-electron chi connectivity index (χ0n) is 18.8. The average molecular weight is 430 g/mol. The maximum absolute atomic E-state index is 5.12. The van der Waals surface area contributed by atoms with E-state index in [1.165, 1.54) is 45.1 Å². The van der Waals surface area contributed by atoms with E-state index in [2.05, 4.69) is 114 Å². The highest BCUT2D eigenvalue weighted by atomic mass is 15.1. The Kier molecular flexibility index (Phi) is 4.95. The van der Waals surface area contributed by atoms with E-state index in [0.29, 0.717) is 0 Å².